The quantitative estimate of drug-likeness (QED) is 0.0397. The summed E-state index contributed by atoms with van der Waals surface area (Å²) in [5, 5.41) is 0. The highest BCUT2D eigenvalue weighted by molar-refractivity contribution is 7.44. The molecule has 43 heavy (non-hydrogen) atoms. The Balaban J connectivity index is 3.05. The largest absolute Gasteiger partial charge is 0.330 e. The predicted octanol–water partition coefficient (Wildman–Crippen LogP) is 15.5. The number of hydrogen-bond acceptors (Lipinski definition) is 1. The van der Waals surface area contributed by atoms with Crippen LogP contribution in [-0.4, -0.2) is 13.2 Å². The van der Waals surface area contributed by atoms with Gasteiger partial charge in [-0.05, 0) is 25.6 Å². The molecule has 0 atom stereocenters. The van der Waals surface area contributed by atoms with Gasteiger partial charge in [-0.25, -0.2) is 0 Å². The van der Waals surface area contributed by atoms with Crippen LogP contribution in [0.3, 0.4) is 0 Å². The third-order valence-corrected chi connectivity index (χ3v) is 11.9. The van der Waals surface area contributed by atoms with Gasteiger partial charge in [0.05, 0.1) is 0 Å². The lowest BCUT2D eigenvalue weighted by molar-refractivity contribution is 0.510. The maximum Gasteiger partial charge on any atom is 0.248 e. The minimum absolute atomic E-state index is 0.872. The number of halogens is 2. The van der Waals surface area contributed by atoms with Crippen LogP contribution in [0.1, 0.15) is 231 Å². The number of nitrogens with two attached hydrogens (primary N) is 1. The Morgan fingerprint density at radius 2 is 0.419 bits per heavy atom. The molecule has 0 aliphatic heterocycles. The van der Waals surface area contributed by atoms with E-state index in [9.17, 15) is 0 Å². The second-order valence-corrected chi connectivity index (χ2v) is 22.6. The molecule has 260 valence electrons. The Bertz CT molecular complexity index is 496. The molecule has 0 aromatic carbocycles. The third kappa shape index (κ3) is 42.8. The van der Waals surface area contributed by atoms with Crippen LogP contribution in [0.5, 0.6) is 0 Å². The van der Waals surface area contributed by atoms with Crippen LogP contribution >= 0.6 is 22.2 Å². The molecule has 0 bridgehead atoms. The van der Waals surface area contributed by atoms with E-state index in [1.54, 1.807) is 0 Å². The summed E-state index contributed by atoms with van der Waals surface area (Å²) in [5.74, 6) is 0. The van der Waals surface area contributed by atoms with Gasteiger partial charge in [-0.1, -0.05) is 225 Å². The molecule has 0 unspecified atom stereocenters. The molecular formula is C39H81Cl2NSi. The first kappa shape index (κ1) is 43.8. The average Bonchev–Trinajstić information content (AvgIpc) is 2.98. The summed E-state index contributed by atoms with van der Waals surface area (Å²) in [6, 6.07) is 1.06. The molecule has 4 heteroatoms. The van der Waals surface area contributed by atoms with E-state index in [1.165, 1.54) is 231 Å². The Kier molecular flexibility index (Phi) is 37.9. The topological polar surface area (TPSA) is 26.0 Å². The molecule has 0 aromatic rings. The summed E-state index contributed by atoms with van der Waals surface area (Å²) in [6.07, 6.45) is 51.9. The van der Waals surface area contributed by atoms with Gasteiger partial charge in [0.2, 0.25) is 6.69 Å². The van der Waals surface area contributed by atoms with Crippen LogP contribution in [0, 0.1) is 0 Å². The lowest BCUT2D eigenvalue weighted by atomic mass is 10.0. The zero-order chi connectivity index (χ0) is 31.4. The van der Waals surface area contributed by atoms with E-state index < -0.39 is 6.69 Å². The molecule has 2 N–H and O–H groups in total. The normalized spacial score (nSPS) is 12.0. The summed E-state index contributed by atoms with van der Waals surface area (Å²) >= 11 is 12.3. The number of unbranched alkanes of at least 4 members (excludes halogenated alkanes) is 35. The highest BCUT2D eigenvalue weighted by atomic mass is 35.7. The minimum Gasteiger partial charge on any atom is -0.330 e. The fourth-order valence-electron chi connectivity index (χ4n) is 6.59. The number of rotatable bonds is 38. The second-order valence-electron chi connectivity index (χ2n) is 14.3. The Labute approximate surface area is 283 Å². The van der Waals surface area contributed by atoms with Crippen LogP contribution in [-0.2, 0) is 0 Å². The van der Waals surface area contributed by atoms with Crippen LogP contribution in [0.25, 0.3) is 0 Å². The van der Waals surface area contributed by atoms with E-state index in [0.717, 1.165) is 12.6 Å². The SMILES string of the molecule is C[Si](Cl)(Cl)CCCCCCCCCCCCCCCCCCCCCCCCCCCCCCCCCCCCCCN. The van der Waals surface area contributed by atoms with Crippen molar-refractivity contribution in [1.29, 1.82) is 0 Å². The molecular weight excluding hydrogens is 581 g/mol. The van der Waals surface area contributed by atoms with Crippen molar-refractivity contribution in [1.82, 2.24) is 0 Å². The van der Waals surface area contributed by atoms with Gasteiger partial charge in [0.25, 0.3) is 0 Å². The summed E-state index contributed by atoms with van der Waals surface area (Å²) < 4.78 is 0. The maximum absolute atomic E-state index is 6.17. The molecule has 0 saturated carbocycles. The van der Waals surface area contributed by atoms with Gasteiger partial charge < -0.3 is 5.73 Å². The predicted molar refractivity (Wildman–Crippen MR) is 203 cm³/mol. The summed E-state index contributed by atoms with van der Waals surface area (Å²) in [7, 11) is 0. The molecule has 0 saturated heterocycles. The van der Waals surface area contributed by atoms with Crippen LogP contribution < -0.4 is 5.73 Å². The van der Waals surface area contributed by atoms with E-state index in [1.807, 2.05) is 6.55 Å². The van der Waals surface area contributed by atoms with Crippen LogP contribution in [0.4, 0.5) is 0 Å². The van der Waals surface area contributed by atoms with Crippen molar-refractivity contribution < 1.29 is 0 Å². The van der Waals surface area contributed by atoms with E-state index in [4.69, 9.17) is 27.9 Å². The van der Waals surface area contributed by atoms with E-state index in [2.05, 4.69) is 0 Å². The summed E-state index contributed by atoms with van der Waals surface area (Å²) in [5.41, 5.74) is 5.55. The van der Waals surface area contributed by atoms with Crippen molar-refractivity contribution in [2.75, 3.05) is 6.54 Å². The van der Waals surface area contributed by atoms with Crippen molar-refractivity contribution in [3.63, 3.8) is 0 Å². The van der Waals surface area contributed by atoms with Crippen LogP contribution in [0.15, 0.2) is 0 Å². The molecule has 0 spiro atoms. The van der Waals surface area contributed by atoms with Gasteiger partial charge in [-0.2, -0.15) is 0 Å². The Morgan fingerprint density at radius 1 is 0.279 bits per heavy atom. The molecule has 0 aliphatic carbocycles. The van der Waals surface area contributed by atoms with E-state index in [0.29, 0.717) is 0 Å². The van der Waals surface area contributed by atoms with Crippen molar-refractivity contribution in [3.05, 3.63) is 0 Å². The first-order valence-electron chi connectivity index (χ1n) is 20.1. The zero-order valence-corrected chi connectivity index (χ0v) is 32.2. The highest BCUT2D eigenvalue weighted by Crippen LogP contribution is 2.23. The standard InChI is InChI=1S/C39H81Cl2NSi/c1-43(40,41)39-37-35-33-31-29-27-25-23-21-19-17-15-13-11-9-7-5-3-2-4-6-8-10-12-14-16-18-20-22-24-26-28-30-32-34-36-38-42/h2-39,42H2,1H3. The molecule has 0 aromatic heterocycles. The fraction of sp³-hybridized carbons (Fsp3) is 1.00. The molecule has 0 fully saturated rings. The first-order chi connectivity index (χ1) is 21.1. The second kappa shape index (κ2) is 37.2. The van der Waals surface area contributed by atoms with E-state index >= 15 is 0 Å². The molecule has 0 radical (unpaired) electrons. The van der Waals surface area contributed by atoms with Crippen molar-refractivity contribution in [3.8, 4) is 0 Å². The van der Waals surface area contributed by atoms with Crippen molar-refractivity contribution >= 4 is 28.9 Å². The molecule has 0 rings (SSSR count). The van der Waals surface area contributed by atoms with Gasteiger partial charge in [0.15, 0.2) is 0 Å². The van der Waals surface area contributed by atoms with Gasteiger partial charge >= 0.3 is 0 Å². The van der Waals surface area contributed by atoms with Gasteiger partial charge in [0, 0.05) is 0 Å². The monoisotopic (exact) mass is 662 g/mol. The van der Waals surface area contributed by atoms with E-state index in [-0.39, 0.29) is 0 Å². The third-order valence-electron chi connectivity index (χ3n) is 9.57. The molecule has 0 amide bonds. The van der Waals surface area contributed by atoms with Crippen LogP contribution in [0.2, 0.25) is 12.6 Å². The Morgan fingerprint density at radius 3 is 0.558 bits per heavy atom. The molecule has 0 aliphatic rings. The molecule has 0 heterocycles. The first-order valence-corrected chi connectivity index (χ1v) is 24.9. The average molecular weight is 663 g/mol. The fourth-order valence-corrected chi connectivity index (χ4v) is 8.26. The van der Waals surface area contributed by atoms with Gasteiger partial charge in [-0.15, -0.1) is 22.2 Å². The van der Waals surface area contributed by atoms with Crippen molar-refractivity contribution in [2.24, 2.45) is 5.73 Å². The number of hydrogen-bond donors (Lipinski definition) is 1. The minimum atomic E-state index is -1.84. The smallest absolute Gasteiger partial charge is 0.248 e. The summed E-state index contributed by atoms with van der Waals surface area (Å²) in [6.45, 7) is 1.07. The van der Waals surface area contributed by atoms with Gasteiger partial charge in [0.1, 0.15) is 0 Å². The lowest BCUT2D eigenvalue weighted by Gasteiger charge is -2.09. The summed E-state index contributed by atoms with van der Waals surface area (Å²) in [4.78, 5) is 0. The maximum atomic E-state index is 6.17. The van der Waals surface area contributed by atoms with Crippen molar-refractivity contribution in [2.45, 2.75) is 244 Å². The zero-order valence-electron chi connectivity index (χ0n) is 29.7. The Hall–Kier alpha value is 0.757. The molecule has 1 nitrogen and oxygen atoms in total. The lowest BCUT2D eigenvalue weighted by Crippen LogP contribution is -2.11. The highest BCUT2D eigenvalue weighted by Gasteiger charge is 2.19. The van der Waals surface area contributed by atoms with Gasteiger partial charge in [-0.3, -0.25) is 0 Å².